The van der Waals surface area contributed by atoms with Gasteiger partial charge in [-0.05, 0) is 44.3 Å². The minimum atomic E-state index is -0.120. The topological polar surface area (TPSA) is 53.6 Å². The Morgan fingerprint density at radius 3 is 2.69 bits per heavy atom. The Kier molecular flexibility index (Phi) is 7.47. The minimum absolute atomic E-state index is 0.120. The zero-order valence-electron chi connectivity index (χ0n) is 16.0. The van der Waals surface area contributed by atoms with Gasteiger partial charge in [0, 0.05) is 37.6 Å². The average Bonchev–Trinajstić information content (AvgIpc) is 2.72. The van der Waals surface area contributed by atoms with Crippen LogP contribution in [-0.2, 0) is 16.0 Å². The van der Waals surface area contributed by atoms with Gasteiger partial charge in [-0.2, -0.15) is 0 Å². The molecule has 0 spiro atoms. The molecule has 2 fully saturated rings. The van der Waals surface area contributed by atoms with Gasteiger partial charge in [0.2, 0.25) is 0 Å². The summed E-state index contributed by atoms with van der Waals surface area (Å²) in [5, 5.41) is 7.43. The molecule has 2 aliphatic rings. The van der Waals surface area contributed by atoms with Crippen LogP contribution in [0, 0.1) is 0 Å². The molecule has 26 heavy (non-hydrogen) atoms. The summed E-state index contributed by atoms with van der Waals surface area (Å²) in [5.41, 5.74) is 1.40. The van der Waals surface area contributed by atoms with E-state index in [1.165, 1.54) is 45.0 Å². The van der Waals surface area contributed by atoms with Crippen LogP contribution in [0.3, 0.4) is 0 Å². The zero-order valence-corrected chi connectivity index (χ0v) is 16.0. The average molecular weight is 360 g/mol. The smallest absolute Gasteiger partial charge is 0.305 e. The van der Waals surface area contributed by atoms with Crippen molar-refractivity contribution in [3.63, 3.8) is 0 Å². The van der Waals surface area contributed by atoms with Crippen molar-refractivity contribution in [1.29, 1.82) is 0 Å². The molecule has 5 nitrogen and oxygen atoms in total. The highest BCUT2D eigenvalue weighted by molar-refractivity contribution is 5.69. The van der Waals surface area contributed by atoms with Gasteiger partial charge < -0.3 is 15.4 Å². The number of nitrogens with one attached hydrogen (secondary N) is 2. The summed E-state index contributed by atoms with van der Waals surface area (Å²) in [6.45, 7) is 4.30. The first-order valence-corrected chi connectivity index (χ1v) is 10.1. The number of carbonyl (C=O) groups excluding carboxylic acids is 1. The van der Waals surface area contributed by atoms with Gasteiger partial charge in [0.25, 0.3) is 0 Å². The Bertz CT molecular complexity index is 545. The van der Waals surface area contributed by atoms with Crippen molar-refractivity contribution < 1.29 is 9.53 Å². The second kappa shape index (κ2) is 10.0. The van der Waals surface area contributed by atoms with E-state index in [2.05, 4.69) is 45.9 Å². The lowest BCUT2D eigenvalue weighted by molar-refractivity contribution is -0.140. The molecule has 1 aromatic rings. The van der Waals surface area contributed by atoms with E-state index < -0.39 is 0 Å². The lowest BCUT2D eigenvalue weighted by Crippen LogP contribution is -2.63. The summed E-state index contributed by atoms with van der Waals surface area (Å²) < 4.78 is 4.79. The van der Waals surface area contributed by atoms with Gasteiger partial charge in [-0.3, -0.25) is 9.69 Å². The molecule has 0 bridgehead atoms. The van der Waals surface area contributed by atoms with Crippen LogP contribution >= 0.6 is 0 Å². The van der Waals surface area contributed by atoms with Gasteiger partial charge in [0.05, 0.1) is 7.11 Å². The third-order valence-corrected chi connectivity index (χ3v) is 5.74. The third kappa shape index (κ3) is 5.53. The largest absolute Gasteiger partial charge is 0.469 e. The number of ether oxygens (including phenoxy) is 1. The van der Waals surface area contributed by atoms with Gasteiger partial charge in [-0.15, -0.1) is 0 Å². The summed E-state index contributed by atoms with van der Waals surface area (Å²) in [5.74, 6) is -0.120. The molecule has 3 rings (SSSR count). The fraction of sp³-hybridized carbons (Fsp3) is 0.667. The van der Waals surface area contributed by atoms with Crippen LogP contribution in [0.25, 0.3) is 0 Å². The molecule has 5 heteroatoms. The van der Waals surface area contributed by atoms with Crippen molar-refractivity contribution in [2.24, 2.45) is 0 Å². The van der Waals surface area contributed by atoms with Crippen LogP contribution in [0.1, 0.15) is 37.7 Å². The molecule has 0 amide bonds. The molecule has 1 aromatic carbocycles. The summed E-state index contributed by atoms with van der Waals surface area (Å²) >= 11 is 0. The first-order valence-electron chi connectivity index (χ1n) is 10.1. The normalized spacial score (nSPS) is 25.6. The maximum absolute atomic E-state index is 11.5. The van der Waals surface area contributed by atoms with E-state index in [9.17, 15) is 4.79 Å². The Hall–Kier alpha value is -1.43. The van der Waals surface area contributed by atoms with Crippen LogP contribution in [0.4, 0.5) is 0 Å². The highest BCUT2D eigenvalue weighted by atomic mass is 16.5. The second-order valence-electron chi connectivity index (χ2n) is 7.60. The SMILES string of the molecule is COC(=O)CCC1CNCC(C(Cc2ccccc2)N2CCCCC2)N1. The van der Waals surface area contributed by atoms with Crippen LogP contribution in [-0.4, -0.2) is 62.3 Å². The van der Waals surface area contributed by atoms with E-state index in [1.54, 1.807) is 0 Å². The molecule has 0 saturated carbocycles. The van der Waals surface area contributed by atoms with Crippen LogP contribution in [0.2, 0.25) is 0 Å². The minimum Gasteiger partial charge on any atom is -0.469 e. The Morgan fingerprint density at radius 1 is 1.19 bits per heavy atom. The number of rotatable bonds is 7. The monoisotopic (exact) mass is 359 g/mol. The first-order chi connectivity index (χ1) is 12.8. The Balaban J connectivity index is 1.65. The van der Waals surface area contributed by atoms with Crippen LogP contribution in [0.5, 0.6) is 0 Å². The third-order valence-electron chi connectivity index (χ3n) is 5.74. The van der Waals surface area contributed by atoms with Gasteiger partial charge in [-0.1, -0.05) is 36.8 Å². The molecule has 2 saturated heterocycles. The van der Waals surface area contributed by atoms with Crippen LogP contribution in [0.15, 0.2) is 30.3 Å². The number of nitrogens with zero attached hydrogens (tertiary/aromatic N) is 1. The number of piperazine rings is 1. The highest BCUT2D eigenvalue weighted by Gasteiger charge is 2.32. The fourth-order valence-electron chi connectivity index (χ4n) is 4.29. The van der Waals surface area contributed by atoms with E-state index in [0.29, 0.717) is 24.5 Å². The molecule has 0 radical (unpaired) electrons. The number of benzene rings is 1. The first kappa shape index (κ1) is 19.3. The Labute approximate surface area is 157 Å². The molecule has 2 aliphatic heterocycles. The number of piperidine rings is 1. The van der Waals surface area contributed by atoms with Crippen molar-refractivity contribution in [1.82, 2.24) is 15.5 Å². The van der Waals surface area contributed by atoms with E-state index in [1.807, 2.05) is 0 Å². The van der Waals surface area contributed by atoms with Crippen LogP contribution < -0.4 is 10.6 Å². The predicted molar refractivity (Wildman–Crippen MR) is 104 cm³/mol. The van der Waals surface area contributed by atoms with E-state index >= 15 is 0 Å². The molecule has 2 heterocycles. The molecule has 0 aliphatic carbocycles. The van der Waals surface area contributed by atoms with E-state index in [0.717, 1.165) is 25.9 Å². The van der Waals surface area contributed by atoms with Crippen molar-refractivity contribution in [3.8, 4) is 0 Å². The summed E-state index contributed by atoms with van der Waals surface area (Å²) in [6, 6.07) is 12.1. The zero-order chi connectivity index (χ0) is 18.2. The molecular formula is C21H33N3O2. The predicted octanol–water partition coefficient (Wildman–Crippen LogP) is 1.97. The lowest BCUT2D eigenvalue weighted by atomic mass is 9.93. The number of carbonyl (C=O) groups is 1. The molecule has 2 N–H and O–H groups in total. The Morgan fingerprint density at radius 2 is 1.96 bits per heavy atom. The van der Waals surface area contributed by atoms with Crippen molar-refractivity contribution in [2.75, 3.05) is 33.3 Å². The number of likely N-dealkylation sites (tertiary alicyclic amines) is 1. The maximum Gasteiger partial charge on any atom is 0.305 e. The number of methoxy groups -OCH3 is 1. The standard InChI is InChI=1S/C21H33N3O2/c1-26-21(25)11-10-18-15-22-16-19(23-18)20(24-12-6-3-7-13-24)14-17-8-4-2-5-9-17/h2,4-5,8-9,18-20,22-23H,3,6-7,10-16H2,1H3. The summed E-state index contributed by atoms with van der Waals surface area (Å²) in [4.78, 5) is 14.2. The second-order valence-corrected chi connectivity index (χ2v) is 7.60. The molecule has 0 aromatic heterocycles. The maximum atomic E-state index is 11.5. The quantitative estimate of drug-likeness (QED) is 0.729. The number of hydrogen-bond donors (Lipinski definition) is 2. The molecule has 144 valence electrons. The van der Waals surface area contributed by atoms with E-state index in [4.69, 9.17) is 4.74 Å². The fourth-order valence-corrected chi connectivity index (χ4v) is 4.29. The van der Waals surface area contributed by atoms with Crippen molar-refractivity contribution in [2.45, 2.75) is 56.7 Å². The van der Waals surface area contributed by atoms with E-state index in [-0.39, 0.29) is 5.97 Å². The lowest BCUT2D eigenvalue weighted by Gasteiger charge is -2.43. The van der Waals surface area contributed by atoms with Gasteiger partial charge in [-0.25, -0.2) is 0 Å². The molecule has 3 unspecified atom stereocenters. The molecular weight excluding hydrogens is 326 g/mol. The highest BCUT2D eigenvalue weighted by Crippen LogP contribution is 2.20. The summed E-state index contributed by atoms with van der Waals surface area (Å²) in [7, 11) is 1.46. The molecule has 3 atom stereocenters. The van der Waals surface area contributed by atoms with Crippen molar-refractivity contribution in [3.05, 3.63) is 35.9 Å². The van der Waals surface area contributed by atoms with Gasteiger partial charge >= 0.3 is 5.97 Å². The summed E-state index contributed by atoms with van der Waals surface area (Å²) in [6.07, 6.45) is 6.34. The van der Waals surface area contributed by atoms with Gasteiger partial charge in [0.15, 0.2) is 0 Å². The number of esters is 1. The number of hydrogen-bond acceptors (Lipinski definition) is 5. The van der Waals surface area contributed by atoms with Gasteiger partial charge in [0.1, 0.15) is 0 Å². The van der Waals surface area contributed by atoms with Crippen molar-refractivity contribution >= 4 is 5.97 Å².